The number of alkyl halides is 3. The van der Waals surface area contributed by atoms with E-state index in [9.17, 15) is 22.8 Å². The minimum atomic E-state index is -4.52. The van der Waals surface area contributed by atoms with Crippen LogP contribution in [-0.2, 0) is 17.5 Å². The smallest absolute Gasteiger partial charge is 0.332 e. The number of carbonyl (C=O) groups excluding carboxylic acids is 2. The van der Waals surface area contributed by atoms with Gasteiger partial charge in [-0.25, -0.2) is 9.78 Å². The first-order valence-corrected chi connectivity index (χ1v) is 7.81. The Morgan fingerprint density at radius 2 is 2.00 bits per heavy atom. The first-order chi connectivity index (χ1) is 10.3. The van der Waals surface area contributed by atoms with Gasteiger partial charge in [-0.05, 0) is 12.8 Å². The summed E-state index contributed by atoms with van der Waals surface area (Å²) in [7, 11) is 0. The van der Waals surface area contributed by atoms with Crippen molar-refractivity contribution in [2.45, 2.75) is 50.4 Å². The number of hydrogen-bond acceptors (Lipinski definition) is 4. The highest BCUT2D eigenvalue weighted by Gasteiger charge is 2.45. The Kier molecular flexibility index (Phi) is 3.62. The van der Waals surface area contributed by atoms with E-state index in [-0.39, 0.29) is 23.9 Å². The quantitative estimate of drug-likeness (QED) is 0.905. The van der Waals surface area contributed by atoms with E-state index in [0.717, 1.165) is 47.3 Å². The summed E-state index contributed by atoms with van der Waals surface area (Å²) in [4.78, 5) is 28.7. The molecule has 2 aliphatic rings. The first-order valence-electron chi connectivity index (χ1n) is 6.93. The fourth-order valence-electron chi connectivity index (χ4n) is 3.00. The summed E-state index contributed by atoms with van der Waals surface area (Å²) in [6.45, 7) is -0.221. The molecule has 0 aromatic carbocycles. The first kappa shape index (κ1) is 15.3. The molecule has 9 heteroatoms. The van der Waals surface area contributed by atoms with E-state index >= 15 is 0 Å². The zero-order valence-electron chi connectivity index (χ0n) is 11.6. The molecule has 0 bridgehead atoms. The SMILES string of the molecule is O=C1CC2(CCCC2)NC(=O)N1Cc1nc(C(F)(F)F)cs1. The van der Waals surface area contributed by atoms with Crippen molar-refractivity contribution in [1.82, 2.24) is 15.2 Å². The molecule has 1 saturated heterocycles. The van der Waals surface area contributed by atoms with E-state index in [0.29, 0.717) is 0 Å². The maximum atomic E-state index is 12.5. The zero-order valence-corrected chi connectivity index (χ0v) is 12.4. The molecule has 0 atom stereocenters. The summed E-state index contributed by atoms with van der Waals surface area (Å²) in [6.07, 6.45) is -0.835. The van der Waals surface area contributed by atoms with Crippen LogP contribution in [0.3, 0.4) is 0 Å². The molecular formula is C13H14F3N3O2S. The van der Waals surface area contributed by atoms with Crippen LogP contribution in [0.15, 0.2) is 5.38 Å². The number of halogens is 3. The summed E-state index contributed by atoms with van der Waals surface area (Å²) in [5.41, 5.74) is -1.45. The van der Waals surface area contributed by atoms with Gasteiger partial charge in [0.25, 0.3) is 0 Å². The third-order valence-electron chi connectivity index (χ3n) is 4.10. The van der Waals surface area contributed by atoms with E-state index in [1.54, 1.807) is 0 Å². The molecule has 1 aromatic rings. The second-order valence-electron chi connectivity index (χ2n) is 5.70. The van der Waals surface area contributed by atoms with Crippen molar-refractivity contribution in [2.75, 3.05) is 0 Å². The molecule has 1 aliphatic carbocycles. The number of aromatic nitrogens is 1. The zero-order chi connectivity index (χ0) is 16.0. The maximum Gasteiger partial charge on any atom is 0.434 e. The number of nitrogens with one attached hydrogen (secondary N) is 1. The molecule has 2 fully saturated rings. The molecule has 3 amide bonds. The molecule has 0 unspecified atom stereocenters. The van der Waals surface area contributed by atoms with Crippen LogP contribution in [0, 0.1) is 0 Å². The number of thiazole rings is 1. The molecule has 2 heterocycles. The van der Waals surface area contributed by atoms with Crippen LogP contribution in [0.1, 0.15) is 42.8 Å². The van der Waals surface area contributed by atoms with Crippen LogP contribution in [0.25, 0.3) is 0 Å². The molecule has 120 valence electrons. The van der Waals surface area contributed by atoms with Gasteiger partial charge < -0.3 is 5.32 Å². The molecule has 1 N–H and O–H groups in total. The lowest BCUT2D eigenvalue weighted by Crippen LogP contribution is -2.60. The lowest BCUT2D eigenvalue weighted by atomic mass is 9.91. The highest BCUT2D eigenvalue weighted by Crippen LogP contribution is 2.36. The second kappa shape index (κ2) is 5.22. The number of hydrogen-bond donors (Lipinski definition) is 1. The predicted molar refractivity (Wildman–Crippen MR) is 72.0 cm³/mol. The van der Waals surface area contributed by atoms with E-state index in [1.807, 2.05) is 0 Å². The highest BCUT2D eigenvalue weighted by molar-refractivity contribution is 7.09. The molecule has 0 radical (unpaired) electrons. The van der Waals surface area contributed by atoms with Crippen molar-refractivity contribution < 1.29 is 22.8 Å². The Balaban J connectivity index is 1.72. The number of urea groups is 1. The fourth-order valence-corrected chi connectivity index (χ4v) is 3.79. The van der Waals surface area contributed by atoms with Crippen molar-refractivity contribution in [3.8, 4) is 0 Å². The van der Waals surface area contributed by atoms with E-state index in [2.05, 4.69) is 10.3 Å². The van der Waals surface area contributed by atoms with Crippen LogP contribution < -0.4 is 5.32 Å². The molecule has 1 spiro atoms. The summed E-state index contributed by atoms with van der Waals surface area (Å²) >= 11 is 0.793. The van der Waals surface area contributed by atoms with Gasteiger partial charge in [0.15, 0.2) is 5.69 Å². The number of carbonyl (C=O) groups is 2. The average Bonchev–Trinajstić information content (AvgIpc) is 3.03. The van der Waals surface area contributed by atoms with E-state index < -0.39 is 23.4 Å². The van der Waals surface area contributed by atoms with E-state index in [4.69, 9.17) is 0 Å². The number of rotatable bonds is 2. The fraction of sp³-hybridized carbons (Fsp3) is 0.615. The van der Waals surface area contributed by atoms with Crippen molar-refractivity contribution in [2.24, 2.45) is 0 Å². The van der Waals surface area contributed by atoms with Gasteiger partial charge in [0.2, 0.25) is 5.91 Å². The van der Waals surface area contributed by atoms with Crippen LogP contribution in [0.5, 0.6) is 0 Å². The van der Waals surface area contributed by atoms with Gasteiger partial charge in [0.1, 0.15) is 5.01 Å². The summed E-state index contributed by atoms with van der Waals surface area (Å²) in [5.74, 6) is -0.352. The van der Waals surface area contributed by atoms with Crippen LogP contribution in [0.4, 0.5) is 18.0 Å². The molecule has 1 saturated carbocycles. The van der Waals surface area contributed by atoms with Gasteiger partial charge in [-0.2, -0.15) is 13.2 Å². The summed E-state index contributed by atoms with van der Waals surface area (Å²) in [6, 6.07) is -0.540. The molecule has 3 rings (SSSR count). The minimum Gasteiger partial charge on any atom is -0.332 e. The third-order valence-corrected chi connectivity index (χ3v) is 4.94. The van der Waals surface area contributed by atoms with Crippen molar-refractivity contribution in [3.63, 3.8) is 0 Å². The average molecular weight is 333 g/mol. The van der Waals surface area contributed by atoms with Gasteiger partial charge in [0.05, 0.1) is 18.5 Å². The largest absolute Gasteiger partial charge is 0.434 e. The van der Waals surface area contributed by atoms with Crippen LogP contribution in [-0.4, -0.2) is 27.4 Å². The van der Waals surface area contributed by atoms with Gasteiger partial charge in [-0.3, -0.25) is 9.69 Å². The number of nitrogens with zero attached hydrogens (tertiary/aromatic N) is 2. The molecule has 1 aliphatic heterocycles. The van der Waals surface area contributed by atoms with Gasteiger partial charge in [0, 0.05) is 5.38 Å². The monoisotopic (exact) mass is 333 g/mol. The maximum absolute atomic E-state index is 12.5. The Hall–Kier alpha value is -1.64. The Labute approximate surface area is 128 Å². The predicted octanol–water partition coefficient (Wildman–Crippen LogP) is 2.92. The van der Waals surface area contributed by atoms with Crippen LogP contribution >= 0.6 is 11.3 Å². The van der Waals surface area contributed by atoms with Gasteiger partial charge in [-0.15, -0.1) is 11.3 Å². The lowest BCUT2D eigenvalue weighted by Gasteiger charge is -2.38. The van der Waals surface area contributed by atoms with E-state index in [1.165, 1.54) is 0 Å². The molecule has 22 heavy (non-hydrogen) atoms. The summed E-state index contributed by atoms with van der Waals surface area (Å²) < 4.78 is 37.6. The van der Waals surface area contributed by atoms with Crippen LogP contribution in [0.2, 0.25) is 0 Å². The Morgan fingerprint density at radius 1 is 1.32 bits per heavy atom. The number of imide groups is 1. The Bertz CT molecular complexity index is 588. The minimum absolute atomic E-state index is 0.0956. The highest BCUT2D eigenvalue weighted by atomic mass is 32.1. The number of amides is 3. The van der Waals surface area contributed by atoms with Crippen molar-refractivity contribution >= 4 is 23.3 Å². The van der Waals surface area contributed by atoms with Crippen molar-refractivity contribution in [3.05, 3.63) is 16.1 Å². The second-order valence-corrected chi connectivity index (χ2v) is 6.64. The van der Waals surface area contributed by atoms with Gasteiger partial charge >= 0.3 is 12.2 Å². The normalized spacial score (nSPS) is 21.5. The lowest BCUT2D eigenvalue weighted by molar-refractivity contribution is -0.140. The Morgan fingerprint density at radius 3 is 2.55 bits per heavy atom. The molecular weight excluding hydrogens is 319 g/mol. The topological polar surface area (TPSA) is 62.3 Å². The van der Waals surface area contributed by atoms with Crippen molar-refractivity contribution in [1.29, 1.82) is 0 Å². The molecule has 1 aromatic heterocycles. The standard InChI is InChI=1S/C13H14F3N3O2S/c14-13(15,16)8-7-22-9(17-8)6-19-10(20)5-12(18-11(19)21)3-1-2-4-12/h7H,1-6H2,(H,18,21). The van der Waals surface area contributed by atoms with Gasteiger partial charge in [-0.1, -0.05) is 12.8 Å². The third kappa shape index (κ3) is 2.81. The molecule has 5 nitrogen and oxygen atoms in total. The summed E-state index contributed by atoms with van der Waals surface area (Å²) in [5, 5.41) is 3.83.